The normalized spacial score (nSPS) is 12.4. The maximum absolute atomic E-state index is 6.20. The molecule has 4 heteroatoms. The highest BCUT2D eigenvalue weighted by Crippen LogP contribution is 2.31. The molecular weight excluding hydrogens is 322 g/mol. The number of rotatable bonds is 4. The van der Waals surface area contributed by atoms with Crippen molar-refractivity contribution in [3.63, 3.8) is 0 Å². The lowest BCUT2D eigenvalue weighted by atomic mass is 9.93. The molecule has 2 aromatic carbocycles. The fraction of sp³-hybridized carbons (Fsp3) is 0.200. The maximum Gasteiger partial charge on any atom is 0.0453 e. The number of halogens is 4. The van der Waals surface area contributed by atoms with Crippen LogP contribution in [0.5, 0.6) is 0 Å². The molecule has 0 aliphatic carbocycles. The Morgan fingerprint density at radius 1 is 0.895 bits per heavy atom. The van der Waals surface area contributed by atoms with Gasteiger partial charge in [-0.3, -0.25) is 0 Å². The summed E-state index contributed by atoms with van der Waals surface area (Å²) in [6.07, 6.45) is 0.697. The van der Waals surface area contributed by atoms with Gasteiger partial charge in [0.05, 0.1) is 0 Å². The summed E-state index contributed by atoms with van der Waals surface area (Å²) in [6, 6.07) is 13.2. The van der Waals surface area contributed by atoms with Gasteiger partial charge >= 0.3 is 0 Å². The lowest BCUT2D eigenvalue weighted by Crippen LogP contribution is -2.05. The molecule has 0 radical (unpaired) electrons. The van der Waals surface area contributed by atoms with Crippen LogP contribution in [-0.4, -0.2) is 5.88 Å². The number of hydrogen-bond donors (Lipinski definition) is 0. The first kappa shape index (κ1) is 15.0. The first-order chi connectivity index (χ1) is 9.11. The molecule has 0 bridgehead atoms. The Labute approximate surface area is 133 Å². The van der Waals surface area contributed by atoms with Crippen molar-refractivity contribution >= 4 is 46.4 Å². The standard InChI is InChI=1S/C15H12Cl4/c16-9-11(10-3-1-4-12(17)7-10)8-13-14(18)5-2-6-15(13)19/h1-7,11H,8-9H2. The molecule has 0 fully saturated rings. The third-order valence-corrected chi connectivity index (χ3v) is 4.33. The smallest absolute Gasteiger partial charge is 0.0453 e. The molecule has 0 saturated carbocycles. The van der Waals surface area contributed by atoms with Gasteiger partial charge in [0.1, 0.15) is 0 Å². The molecule has 0 heterocycles. The summed E-state index contributed by atoms with van der Waals surface area (Å²) in [5, 5.41) is 2.05. The SMILES string of the molecule is ClCC(Cc1c(Cl)cccc1Cl)c1cccc(Cl)c1. The number of benzene rings is 2. The van der Waals surface area contributed by atoms with Crippen LogP contribution in [0, 0.1) is 0 Å². The van der Waals surface area contributed by atoms with E-state index in [9.17, 15) is 0 Å². The lowest BCUT2D eigenvalue weighted by molar-refractivity contribution is 0.767. The fourth-order valence-corrected chi connectivity index (χ4v) is 3.03. The second-order valence-electron chi connectivity index (χ2n) is 4.31. The molecule has 100 valence electrons. The minimum atomic E-state index is 0.137. The summed E-state index contributed by atoms with van der Waals surface area (Å²) in [5.41, 5.74) is 2.02. The van der Waals surface area contributed by atoms with Gasteiger partial charge in [0.15, 0.2) is 0 Å². The third kappa shape index (κ3) is 3.79. The van der Waals surface area contributed by atoms with Gasteiger partial charge in [-0.1, -0.05) is 53.0 Å². The van der Waals surface area contributed by atoms with Crippen molar-refractivity contribution in [3.05, 3.63) is 68.7 Å². The summed E-state index contributed by atoms with van der Waals surface area (Å²) in [6.45, 7) is 0. The predicted molar refractivity (Wildman–Crippen MR) is 85.1 cm³/mol. The van der Waals surface area contributed by atoms with Gasteiger partial charge in [-0.25, -0.2) is 0 Å². The minimum Gasteiger partial charge on any atom is -0.126 e. The van der Waals surface area contributed by atoms with Crippen molar-refractivity contribution in [1.82, 2.24) is 0 Å². The lowest BCUT2D eigenvalue weighted by Gasteiger charge is -2.16. The molecule has 1 atom stereocenters. The average molecular weight is 334 g/mol. The van der Waals surface area contributed by atoms with Crippen LogP contribution in [0.25, 0.3) is 0 Å². The Bertz CT molecular complexity index is 546. The summed E-state index contributed by atoms with van der Waals surface area (Å²) in [7, 11) is 0. The molecule has 0 saturated heterocycles. The molecule has 0 spiro atoms. The molecule has 19 heavy (non-hydrogen) atoms. The second-order valence-corrected chi connectivity index (χ2v) is 5.87. The van der Waals surface area contributed by atoms with Gasteiger partial charge in [0.25, 0.3) is 0 Å². The van der Waals surface area contributed by atoms with Gasteiger partial charge in [0, 0.05) is 26.9 Å². The van der Waals surface area contributed by atoms with Crippen molar-refractivity contribution in [3.8, 4) is 0 Å². The summed E-state index contributed by atoms with van der Waals surface area (Å²) >= 11 is 24.5. The predicted octanol–water partition coefficient (Wildman–Crippen LogP) is 6.21. The minimum absolute atomic E-state index is 0.137. The van der Waals surface area contributed by atoms with Gasteiger partial charge in [0.2, 0.25) is 0 Å². The van der Waals surface area contributed by atoms with Crippen LogP contribution in [0.4, 0.5) is 0 Å². The molecule has 0 nitrogen and oxygen atoms in total. The molecule has 0 aliphatic heterocycles. The highest BCUT2D eigenvalue weighted by atomic mass is 35.5. The van der Waals surface area contributed by atoms with Gasteiger partial charge in [-0.2, -0.15) is 0 Å². The van der Waals surface area contributed by atoms with Gasteiger partial charge in [-0.05, 0) is 41.8 Å². The van der Waals surface area contributed by atoms with E-state index >= 15 is 0 Å². The highest BCUT2D eigenvalue weighted by Gasteiger charge is 2.15. The molecule has 0 amide bonds. The van der Waals surface area contributed by atoms with E-state index in [4.69, 9.17) is 46.4 Å². The van der Waals surface area contributed by atoms with Gasteiger partial charge < -0.3 is 0 Å². The topological polar surface area (TPSA) is 0 Å². The van der Waals surface area contributed by atoms with Crippen molar-refractivity contribution in [2.75, 3.05) is 5.88 Å². The van der Waals surface area contributed by atoms with Crippen LogP contribution in [0.3, 0.4) is 0 Å². The van der Waals surface area contributed by atoms with Gasteiger partial charge in [-0.15, -0.1) is 11.6 Å². The van der Waals surface area contributed by atoms with Crippen molar-refractivity contribution in [1.29, 1.82) is 0 Å². The van der Waals surface area contributed by atoms with Crippen LogP contribution in [0.2, 0.25) is 15.1 Å². The Hall–Kier alpha value is -0.400. The first-order valence-corrected chi connectivity index (χ1v) is 7.53. The molecule has 0 aromatic heterocycles. The van der Waals surface area contributed by atoms with Crippen LogP contribution >= 0.6 is 46.4 Å². The zero-order valence-electron chi connectivity index (χ0n) is 10.0. The van der Waals surface area contributed by atoms with E-state index in [2.05, 4.69) is 0 Å². The van der Waals surface area contributed by atoms with E-state index in [1.807, 2.05) is 42.5 Å². The summed E-state index contributed by atoms with van der Waals surface area (Å²) < 4.78 is 0. The van der Waals surface area contributed by atoms with Crippen LogP contribution < -0.4 is 0 Å². The fourth-order valence-electron chi connectivity index (χ4n) is 2.00. The average Bonchev–Trinajstić information content (AvgIpc) is 2.38. The number of alkyl halides is 1. The van der Waals surface area contributed by atoms with Crippen LogP contribution in [0.1, 0.15) is 17.0 Å². The highest BCUT2D eigenvalue weighted by molar-refractivity contribution is 6.36. The first-order valence-electron chi connectivity index (χ1n) is 5.86. The monoisotopic (exact) mass is 332 g/mol. The van der Waals surface area contributed by atoms with E-state index in [-0.39, 0.29) is 5.92 Å². The second kappa shape index (κ2) is 6.85. The summed E-state index contributed by atoms with van der Waals surface area (Å²) in [5.74, 6) is 0.625. The third-order valence-electron chi connectivity index (χ3n) is 3.02. The molecular formula is C15H12Cl4. The van der Waals surface area contributed by atoms with E-state index in [0.717, 1.165) is 11.1 Å². The molecule has 2 aromatic rings. The Morgan fingerprint density at radius 3 is 2.11 bits per heavy atom. The molecule has 0 aliphatic rings. The Kier molecular flexibility index (Phi) is 5.41. The largest absolute Gasteiger partial charge is 0.126 e. The van der Waals surface area contributed by atoms with Crippen LogP contribution in [-0.2, 0) is 6.42 Å². The zero-order valence-corrected chi connectivity index (χ0v) is 13.1. The maximum atomic E-state index is 6.20. The number of hydrogen-bond acceptors (Lipinski definition) is 0. The van der Waals surface area contributed by atoms with Crippen molar-refractivity contribution < 1.29 is 0 Å². The Balaban J connectivity index is 2.29. The van der Waals surface area contributed by atoms with E-state index in [1.54, 1.807) is 0 Å². The van der Waals surface area contributed by atoms with Crippen molar-refractivity contribution in [2.45, 2.75) is 12.3 Å². The molecule has 2 rings (SSSR count). The quantitative estimate of drug-likeness (QED) is 0.583. The van der Waals surface area contributed by atoms with Crippen LogP contribution in [0.15, 0.2) is 42.5 Å². The molecule has 0 N–H and O–H groups in total. The van der Waals surface area contributed by atoms with E-state index < -0.39 is 0 Å². The van der Waals surface area contributed by atoms with E-state index in [1.165, 1.54) is 0 Å². The molecule has 1 unspecified atom stereocenters. The zero-order chi connectivity index (χ0) is 13.8. The van der Waals surface area contributed by atoms with E-state index in [0.29, 0.717) is 27.4 Å². The van der Waals surface area contributed by atoms with Crippen molar-refractivity contribution in [2.24, 2.45) is 0 Å². The Morgan fingerprint density at radius 2 is 1.53 bits per heavy atom. The summed E-state index contributed by atoms with van der Waals surface area (Å²) in [4.78, 5) is 0.